The smallest absolute Gasteiger partial charge is 0.155 e. The van der Waals surface area contributed by atoms with Crippen molar-refractivity contribution in [3.63, 3.8) is 0 Å². The molecule has 0 amide bonds. The van der Waals surface area contributed by atoms with Gasteiger partial charge in [0.15, 0.2) is 9.84 Å². The molecule has 19 heavy (non-hydrogen) atoms. The third-order valence-corrected chi connectivity index (χ3v) is 6.02. The molecule has 102 valence electrons. The van der Waals surface area contributed by atoms with Crippen LogP contribution in [-0.4, -0.2) is 31.1 Å². The Bertz CT molecular complexity index is 620. The third-order valence-electron chi connectivity index (χ3n) is 3.74. The SMILES string of the molecule is CCS(=O)(=O)[C@@H]1[C@H](c2ccc(F)cc2)[C@@]1(C#N)CO. The minimum absolute atomic E-state index is 0.0845. The number of benzene rings is 1. The molecule has 1 aromatic carbocycles. The van der Waals surface area contributed by atoms with E-state index in [2.05, 4.69) is 0 Å². The minimum Gasteiger partial charge on any atom is -0.395 e. The quantitative estimate of drug-likeness (QED) is 0.901. The van der Waals surface area contributed by atoms with E-state index in [4.69, 9.17) is 0 Å². The van der Waals surface area contributed by atoms with Gasteiger partial charge < -0.3 is 5.11 Å². The van der Waals surface area contributed by atoms with Crippen LogP contribution < -0.4 is 0 Å². The number of rotatable bonds is 4. The van der Waals surface area contributed by atoms with Gasteiger partial charge in [0.25, 0.3) is 0 Å². The van der Waals surface area contributed by atoms with Crippen molar-refractivity contribution in [2.24, 2.45) is 5.41 Å². The fraction of sp³-hybridized carbons (Fsp3) is 0.462. The lowest BCUT2D eigenvalue weighted by Gasteiger charge is -2.03. The number of halogens is 1. The number of hydrogen-bond donors (Lipinski definition) is 1. The molecular formula is C13H14FNO3S. The Hall–Kier alpha value is -1.45. The summed E-state index contributed by atoms with van der Waals surface area (Å²) >= 11 is 0. The Morgan fingerprint density at radius 1 is 1.42 bits per heavy atom. The molecule has 0 spiro atoms. The highest BCUT2D eigenvalue weighted by Crippen LogP contribution is 2.62. The monoisotopic (exact) mass is 283 g/mol. The average Bonchev–Trinajstić information content (AvgIpc) is 3.10. The van der Waals surface area contributed by atoms with Crippen molar-refractivity contribution < 1.29 is 17.9 Å². The first-order valence-corrected chi connectivity index (χ1v) is 7.63. The van der Waals surface area contributed by atoms with Gasteiger partial charge in [0.2, 0.25) is 0 Å². The Kier molecular flexibility index (Phi) is 3.37. The molecular weight excluding hydrogens is 269 g/mol. The molecule has 0 heterocycles. The second-order valence-electron chi connectivity index (χ2n) is 4.71. The number of nitrogens with zero attached hydrogens (tertiary/aromatic N) is 1. The van der Waals surface area contributed by atoms with E-state index < -0.39 is 38.8 Å². The van der Waals surface area contributed by atoms with Crippen LogP contribution in [0.3, 0.4) is 0 Å². The van der Waals surface area contributed by atoms with Crippen molar-refractivity contribution in [3.05, 3.63) is 35.6 Å². The molecule has 0 unspecified atom stereocenters. The summed E-state index contributed by atoms with van der Waals surface area (Å²) in [7, 11) is -3.44. The molecule has 0 aliphatic heterocycles. The first kappa shape index (κ1) is 14.0. The Morgan fingerprint density at radius 2 is 2.00 bits per heavy atom. The highest BCUT2D eigenvalue weighted by atomic mass is 32.2. The summed E-state index contributed by atoms with van der Waals surface area (Å²) in [5.41, 5.74) is -0.730. The van der Waals surface area contributed by atoms with Gasteiger partial charge in [-0.3, -0.25) is 0 Å². The van der Waals surface area contributed by atoms with Crippen molar-refractivity contribution >= 4 is 9.84 Å². The fourth-order valence-electron chi connectivity index (χ4n) is 2.61. The molecule has 0 saturated heterocycles. The second kappa shape index (κ2) is 4.58. The maximum absolute atomic E-state index is 12.9. The van der Waals surface area contributed by atoms with Crippen molar-refractivity contribution in [2.75, 3.05) is 12.4 Å². The summed E-state index contributed by atoms with van der Waals surface area (Å²) in [6.45, 7) is 0.990. The molecule has 0 radical (unpaired) electrons. The van der Waals surface area contributed by atoms with Gasteiger partial charge in [0.1, 0.15) is 11.2 Å². The van der Waals surface area contributed by atoms with E-state index in [-0.39, 0.29) is 5.75 Å². The molecule has 2 rings (SSSR count). The highest BCUT2D eigenvalue weighted by Gasteiger charge is 2.71. The summed E-state index contributed by atoms with van der Waals surface area (Å²) < 4.78 is 36.9. The van der Waals surface area contributed by atoms with E-state index in [9.17, 15) is 23.2 Å². The lowest BCUT2D eigenvalue weighted by Crippen LogP contribution is -2.19. The molecule has 4 nitrogen and oxygen atoms in total. The summed E-state index contributed by atoms with van der Waals surface area (Å²) in [5, 5.41) is 17.7. The zero-order valence-corrected chi connectivity index (χ0v) is 11.2. The maximum Gasteiger partial charge on any atom is 0.155 e. The summed E-state index contributed by atoms with van der Waals surface area (Å²) in [4.78, 5) is 0. The van der Waals surface area contributed by atoms with Crippen LogP contribution in [0.4, 0.5) is 4.39 Å². The van der Waals surface area contributed by atoms with E-state index in [1.165, 1.54) is 31.2 Å². The number of sulfone groups is 1. The van der Waals surface area contributed by atoms with Crippen LogP contribution in [0.1, 0.15) is 18.4 Å². The number of hydrogen-bond acceptors (Lipinski definition) is 4. The first-order chi connectivity index (χ1) is 8.93. The summed E-state index contributed by atoms with van der Waals surface area (Å²) in [6, 6.07) is 7.31. The van der Waals surface area contributed by atoms with Crippen LogP contribution >= 0.6 is 0 Å². The topological polar surface area (TPSA) is 78.2 Å². The van der Waals surface area contributed by atoms with E-state index in [0.717, 1.165) is 0 Å². The van der Waals surface area contributed by atoms with Crippen molar-refractivity contribution in [1.82, 2.24) is 0 Å². The number of nitriles is 1. The predicted octanol–water partition coefficient (Wildman–Crippen LogP) is 1.23. The van der Waals surface area contributed by atoms with Crippen molar-refractivity contribution in [1.29, 1.82) is 5.26 Å². The Labute approximate surface area is 111 Å². The second-order valence-corrected chi connectivity index (χ2v) is 7.12. The molecule has 3 atom stereocenters. The Morgan fingerprint density at radius 3 is 2.42 bits per heavy atom. The van der Waals surface area contributed by atoms with Crippen LogP contribution in [-0.2, 0) is 9.84 Å². The van der Waals surface area contributed by atoms with Crippen molar-refractivity contribution in [2.45, 2.75) is 18.1 Å². The zero-order valence-electron chi connectivity index (χ0n) is 10.4. The largest absolute Gasteiger partial charge is 0.395 e. The lowest BCUT2D eigenvalue weighted by atomic mass is 10.0. The third kappa shape index (κ3) is 2.03. The van der Waals surface area contributed by atoms with E-state index >= 15 is 0 Å². The van der Waals surface area contributed by atoms with Crippen LogP contribution in [0, 0.1) is 22.6 Å². The Balaban J connectivity index is 2.46. The van der Waals surface area contributed by atoms with Crippen molar-refractivity contribution in [3.8, 4) is 6.07 Å². The van der Waals surface area contributed by atoms with E-state index in [1.807, 2.05) is 6.07 Å². The molecule has 1 N–H and O–H groups in total. The van der Waals surface area contributed by atoms with Crippen LogP contribution in [0.5, 0.6) is 0 Å². The minimum atomic E-state index is -3.44. The molecule has 1 aliphatic carbocycles. The molecule has 1 aromatic rings. The standard InChI is InChI=1S/C13H14FNO3S/c1-2-19(17,18)12-11(13(12,7-15)8-16)9-3-5-10(14)6-4-9/h3-6,11-12,16H,2,8H2,1H3/t11-,12+,13+/m0/s1. The molecule has 0 bridgehead atoms. The van der Waals surface area contributed by atoms with Gasteiger partial charge in [-0.05, 0) is 17.7 Å². The number of aliphatic hydroxyl groups excluding tert-OH is 1. The van der Waals surface area contributed by atoms with Gasteiger partial charge in [-0.1, -0.05) is 19.1 Å². The van der Waals surface area contributed by atoms with Gasteiger partial charge in [-0.15, -0.1) is 0 Å². The van der Waals surface area contributed by atoms with Crippen LogP contribution in [0.25, 0.3) is 0 Å². The van der Waals surface area contributed by atoms with Gasteiger partial charge in [-0.2, -0.15) is 5.26 Å². The molecule has 6 heteroatoms. The fourth-order valence-corrected chi connectivity index (χ4v) is 4.62. The molecule has 1 saturated carbocycles. The van der Waals surface area contributed by atoms with Gasteiger partial charge >= 0.3 is 0 Å². The molecule has 1 aliphatic rings. The van der Waals surface area contributed by atoms with Gasteiger partial charge in [0, 0.05) is 11.7 Å². The lowest BCUT2D eigenvalue weighted by molar-refractivity contribution is 0.242. The highest BCUT2D eigenvalue weighted by molar-refractivity contribution is 7.92. The first-order valence-electron chi connectivity index (χ1n) is 5.92. The van der Waals surface area contributed by atoms with E-state index in [0.29, 0.717) is 5.56 Å². The number of aliphatic hydroxyl groups is 1. The maximum atomic E-state index is 12.9. The normalized spacial score (nSPS) is 29.8. The van der Waals surface area contributed by atoms with Crippen LogP contribution in [0.15, 0.2) is 24.3 Å². The van der Waals surface area contributed by atoms with E-state index in [1.54, 1.807) is 0 Å². The molecule has 1 fully saturated rings. The van der Waals surface area contributed by atoms with Gasteiger partial charge in [-0.25, -0.2) is 12.8 Å². The average molecular weight is 283 g/mol. The molecule has 0 aromatic heterocycles. The predicted molar refractivity (Wildman–Crippen MR) is 67.5 cm³/mol. The summed E-state index contributed by atoms with van der Waals surface area (Å²) in [5.74, 6) is -1.10. The summed E-state index contributed by atoms with van der Waals surface area (Å²) in [6.07, 6.45) is 0. The van der Waals surface area contributed by atoms with Gasteiger partial charge in [0.05, 0.1) is 17.9 Å². The zero-order chi connectivity index (χ0) is 14.3. The van der Waals surface area contributed by atoms with Crippen LogP contribution in [0.2, 0.25) is 0 Å².